The lowest BCUT2D eigenvalue weighted by Gasteiger charge is -2.34. The first-order valence-electron chi connectivity index (χ1n) is 11.1. The number of aryl methyl sites for hydroxylation is 1. The van der Waals surface area contributed by atoms with Crippen LogP contribution in [0, 0.1) is 0 Å². The van der Waals surface area contributed by atoms with Gasteiger partial charge in [0.15, 0.2) is 0 Å². The Morgan fingerprint density at radius 3 is 2.55 bits per heavy atom. The maximum absolute atomic E-state index is 12.5. The van der Waals surface area contributed by atoms with E-state index in [2.05, 4.69) is 32.2 Å². The standard InChI is InChI=1S/C25H25N5O3/c31-23(10-9-22-4-2-16-32-22)30-14-12-29(13-15-30)18-19-5-7-20(8-6-19)24-27-25(33-28-24)21-3-1-11-26-17-21/h1-8,11,16-17H,9-10,12-15,18H2. The molecule has 0 unspecified atom stereocenters. The third-order valence-corrected chi connectivity index (χ3v) is 5.84. The molecule has 4 heterocycles. The van der Waals surface area contributed by atoms with Crippen LogP contribution in [0.2, 0.25) is 0 Å². The maximum atomic E-state index is 12.5. The third-order valence-electron chi connectivity index (χ3n) is 5.84. The number of pyridine rings is 1. The van der Waals surface area contributed by atoms with Gasteiger partial charge in [0.25, 0.3) is 5.89 Å². The molecule has 5 rings (SSSR count). The molecule has 1 saturated heterocycles. The first-order chi connectivity index (χ1) is 16.2. The number of aromatic nitrogens is 3. The minimum atomic E-state index is 0.196. The van der Waals surface area contributed by atoms with E-state index in [0.29, 0.717) is 24.6 Å². The number of piperazine rings is 1. The molecule has 0 atom stereocenters. The number of carbonyl (C=O) groups is 1. The van der Waals surface area contributed by atoms with E-state index < -0.39 is 0 Å². The lowest BCUT2D eigenvalue weighted by Crippen LogP contribution is -2.48. The molecule has 0 spiro atoms. The highest BCUT2D eigenvalue weighted by Gasteiger charge is 2.21. The molecule has 0 radical (unpaired) electrons. The van der Waals surface area contributed by atoms with Crippen LogP contribution in [0.15, 0.2) is 76.1 Å². The lowest BCUT2D eigenvalue weighted by atomic mass is 10.1. The second kappa shape index (κ2) is 9.79. The number of benzene rings is 1. The smallest absolute Gasteiger partial charge is 0.259 e. The molecule has 0 aliphatic carbocycles. The summed E-state index contributed by atoms with van der Waals surface area (Å²) in [6.45, 7) is 4.10. The monoisotopic (exact) mass is 443 g/mol. The van der Waals surface area contributed by atoms with E-state index in [-0.39, 0.29) is 5.91 Å². The molecule has 1 aliphatic rings. The normalized spacial score (nSPS) is 14.5. The average Bonchev–Trinajstić information content (AvgIpc) is 3.57. The van der Waals surface area contributed by atoms with Gasteiger partial charge in [0.05, 0.1) is 11.8 Å². The van der Waals surface area contributed by atoms with Crippen LogP contribution >= 0.6 is 0 Å². The molecule has 168 valence electrons. The number of hydrogen-bond acceptors (Lipinski definition) is 7. The Labute approximate surface area is 191 Å². The zero-order valence-corrected chi connectivity index (χ0v) is 18.3. The summed E-state index contributed by atoms with van der Waals surface area (Å²) >= 11 is 0. The van der Waals surface area contributed by atoms with Crippen molar-refractivity contribution in [2.45, 2.75) is 19.4 Å². The number of hydrogen-bond donors (Lipinski definition) is 0. The summed E-state index contributed by atoms with van der Waals surface area (Å²) in [4.78, 5) is 25.4. The lowest BCUT2D eigenvalue weighted by molar-refractivity contribution is -0.133. The van der Waals surface area contributed by atoms with Gasteiger partial charge in [-0.3, -0.25) is 14.7 Å². The predicted molar refractivity (Wildman–Crippen MR) is 122 cm³/mol. The molecular weight excluding hydrogens is 418 g/mol. The van der Waals surface area contributed by atoms with Crippen LogP contribution in [0.5, 0.6) is 0 Å². The first-order valence-corrected chi connectivity index (χ1v) is 11.1. The Kier molecular flexibility index (Phi) is 6.25. The van der Waals surface area contributed by atoms with Crippen LogP contribution in [0.3, 0.4) is 0 Å². The quantitative estimate of drug-likeness (QED) is 0.431. The van der Waals surface area contributed by atoms with E-state index in [4.69, 9.17) is 8.94 Å². The van der Waals surface area contributed by atoms with Gasteiger partial charge in [-0.2, -0.15) is 4.98 Å². The van der Waals surface area contributed by atoms with Crippen molar-refractivity contribution >= 4 is 5.91 Å². The number of amides is 1. The van der Waals surface area contributed by atoms with Crippen molar-refractivity contribution in [1.29, 1.82) is 0 Å². The van der Waals surface area contributed by atoms with Gasteiger partial charge in [-0.05, 0) is 29.8 Å². The second-order valence-electron chi connectivity index (χ2n) is 8.10. The Morgan fingerprint density at radius 1 is 0.970 bits per heavy atom. The minimum Gasteiger partial charge on any atom is -0.469 e. The number of nitrogens with zero attached hydrogens (tertiary/aromatic N) is 5. The van der Waals surface area contributed by atoms with Crippen LogP contribution < -0.4 is 0 Å². The minimum absolute atomic E-state index is 0.196. The topological polar surface area (TPSA) is 88.5 Å². The van der Waals surface area contributed by atoms with E-state index in [9.17, 15) is 4.79 Å². The molecule has 1 amide bonds. The van der Waals surface area contributed by atoms with E-state index in [1.807, 2.05) is 41.3 Å². The summed E-state index contributed by atoms with van der Waals surface area (Å²) in [6, 6.07) is 15.7. The maximum Gasteiger partial charge on any atom is 0.259 e. The van der Waals surface area contributed by atoms with Crippen molar-refractivity contribution in [3.05, 3.63) is 78.5 Å². The fraction of sp³-hybridized carbons (Fsp3) is 0.280. The van der Waals surface area contributed by atoms with Crippen molar-refractivity contribution in [2.24, 2.45) is 0 Å². The zero-order valence-electron chi connectivity index (χ0n) is 18.3. The summed E-state index contributed by atoms with van der Waals surface area (Å²) in [7, 11) is 0. The molecule has 4 aromatic rings. The SMILES string of the molecule is O=C(CCc1ccco1)N1CCN(Cc2ccc(-c3noc(-c4cccnc4)n3)cc2)CC1. The molecule has 1 fully saturated rings. The van der Waals surface area contributed by atoms with E-state index >= 15 is 0 Å². The third kappa shape index (κ3) is 5.18. The number of furan rings is 1. The van der Waals surface area contributed by atoms with E-state index in [0.717, 1.165) is 49.6 Å². The first kappa shape index (κ1) is 21.1. The zero-order chi connectivity index (χ0) is 22.5. The molecule has 0 bridgehead atoms. The molecule has 8 heteroatoms. The highest BCUT2D eigenvalue weighted by atomic mass is 16.5. The Hall–Kier alpha value is -3.78. The van der Waals surface area contributed by atoms with Gasteiger partial charge in [-0.25, -0.2) is 0 Å². The van der Waals surface area contributed by atoms with Crippen molar-refractivity contribution in [3.8, 4) is 22.8 Å². The van der Waals surface area contributed by atoms with Gasteiger partial charge >= 0.3 is 0 Å². The number of carbonyl (C=O) groups excluding carboxylic acids is 1. The predicted octanol–water partition coefficient (Wildman–Crippen LogP) is 3.67. The average molecular weight is 444 g/mol. The largest absolute Gasteiger partial charge is 0.469 e. The Morgan fingerprint density at radius 2 is 1.82 bits per heavy atom. The van der Waals surface area contributed by atoms with Crippen molar-refractivity contribution in [1.82, 2.24) is 24.9 Å². The van der Waals surface area contributed by atoms with Gasteiger partial charge in [-0.15, -0.1) is 0 Å². The molecule has 0 saturated carbocycles. The summed E-state index contributed by atoms with van der Waals surface area (Å²) in [6.07, 6.45) is 6.20. The highest BCUT2D eigenvalue weighted by molar-refractivity contribution is 5.76. The summed E-state index contributed by atoms with van der Waals surface area (Å²) in [5.41, 5.74) is 2.92. The van der Waals surface area contributed by atoms with Crippen molar-refractivity contribution < 1.29 is 13.7 Å². The van der Waals surface area contributed by atoms with Crippen LogP contribution in [0.1, 0.15) is 17.7 Å². The molecule has 1 aromatic carbocycles. The second-order valence-corrected chi connectivity index (χ2v) is 8.10. The molecular formula is C25H25N5O3. The highest BCUT2D eigenvalue weighted by Crippen LogP contribution is 2.22. The molecule has 0 N–H and O–H groups in total. The van der Waals surface area contributed by atoms with Crippen LogP contribution in [-0.2, 0) is 17.8 Å². The Balaban J connectivity index is 1.12. The van der Waals surface area contributed by atoms with Crippen molar-refractivity contribution in [2.75, 3.05) is 26.2 Å². The van der Waals surface area contributed by atoms with Crippen molar-refractivity contribution in [3.63, 3.8) is 0 Å². The summed E-state index contributed by atoms with van der Waals surface area (Å²) in [5.74, 6) is 2.07. The summed E-state index contributed by atoms with van der Waals surface area (Å²) in [5, 5.41) is 4.10. The van der Waals surface area contributed by atoms with Gasteiger partial charge in [-0.1, -0.05) is 29.4 Å². The van der Waals surface area contributed by atoms with Crippen LogP contribution in [0.4, 0.5) is 0 Å². The van der Waals surface area contributed by atoms with Crippen LogP contribution in [-0.4, -0.2) is 57.0 Å². The van der Waals surface area contributed by atoms with Gasteiger partial charge < -0.3 is 13.8 Å². The van der Waals surface area contributed by atoms with Gasteiger partial charge in [0, 0.05) is 63.5 Å². The Bertz CT molecular complexity index is 1160. The van der Waals surface area contributed by atoms with E-state index in [1.54, 1.807) is 18.7 Å². The molecule has 8 nitrogen and oxygen atoms in total. The van der Waals surface area contributed by atoms with Crippen LogP contribution in [0.25, 0.3) is 22.8 Å². The summed E-state index contributed by atoms with van der Waals surface area (Å²) < 4.78 is 10.7. The molecule has 3 aromatic heterocycles. The fourth-order valence-corrected chi connectivity index (χ4v) is 3.96. The van der Waals surface area contributed by atoms with E-state index in [1.165, 1.54) is 5.56 Å². The van der Waals surface area contributed by atoms with Gasteiger partial charge in [0.2, 0.25) is 11.7 Å². The fourth-order valence-electron chi connectivity index (χ4n) is 3.96. The molecule has 33 heavy (non-hydrogen) atoms. The molecule has 1 aliphatic heterocycles. The number of rotatable bonds is 7. The van der Waals surface area contributed by atoms with Gasteiger partial charge in [0.1, 0.15) is 5.76 Å².